The molecule has 1 heterocycles. The molecule has 2 rings (SSSR count). The minimum Gasteiger partial charge on any atom is -0.427 e. The first kappa shape index (κ1) is 11.3. The van der Waals surface area contributed by atoms with Gasteiger partial charge in [0.05, 0.1) is 5.88 Å². The van der Waals surface area contributed by atoms with Crippen molar-refractivity contribution < 1.29 is 9.13 Å². The van der Waals surface area contributed by atoms with Gasteiger partial charge in [-0.3, -0.25) is 0 Å². The highest BCUT2D eigenvalue weighted by atomic mass is 35.5. The van der Waals surface area contributed by atoms with E-state index in [1.165, 1.54) is 11.3 Å². The van der Waals surface area contributed by atoms with Crippen LogP contribution in [0, 0.1) is 12.7 Å². The molecular formula is C10H8ClFN2OS. The Kier molecular flexibility index (Phi) is 3.36. The number of rotatable bonds is 3. The molecule has 84 valence electrons. The monoisotopic (exact) mass is 258 g/mol. The van der Waals surface area contributed by atoms with Crippen LogP contribution in [0.25, 0.3) is 0 Å². The average Bonchev–Trinajstić information content (AvgIpc) is 2.73. The molecule has 6 heteroatoms. The van der Waals surface area contributed by atoms with Crippen LogP contribution in [0.5, 0.6) is 10.9 Å². The van der Waals surface area contributed by atoms with Crippen molar-refractivity contribution in [2.75, 3.05) is 0 Å². The van der Waals surface area contributed by atoms with Crippen molar-refractivity contribution >= 4 is 22.9 Å². The molecule has 0 saturated carbocycles. The van der Waals surface area contributed by atoms with Gasteiger partial charge in [-0.15, -0.1) is 16.7 Å². The van der Waals surface area contributed by atoms with Crippen LogP contribution in [0.4, 0.5) is 4.39 Å². The Balaban J connectivity index is 2.23. The molecule has 0 atom stereocenters. The van der Waals surface area contributed by atoms with Gasteiger partial charge in [0.15, 0.2) is 11.6 Å². The molecule has 2 aromatic rings. The molecule has 0 amide bonds. The van der Waals surface area contributed by atoms with Gasteiger partial charge in [0.2, 0.25) is 0 Å². The third kappa shape index (κ3) is 2.31. The fourth-order valence-corrected chi connectivity index (χ4v) is 1.89. The molecular weight excluding hydrogens is 251 g/mol. The maximum atomic E-state index is 13.6. The zero-order chi connectivity index (χ0) is 11.5. The van der Waals surface area contributed by atoms with Crippen molar-refractivity contribution in [1.29, 1.82) is 0 Å². The van der Waals surface area contributed by atoms with Gasteiger partial charge < -0.3 is 4.74 Å². The van der Waals surface area contributed by atoms with Gasteiger partial charge in [0.25, 0.3) is 5.19 Å². The fourth-order valence-electron chi connectivity index (χ4n) is 1.13. The number of aryl methyl sites for hydroxylation is 1. The summed E-state index contributed by atoms with van der Waals surface area (Å²) in [6.07, 6.45) is 0. The van der Waals surface area contributed by atoms with Crippen molar-refractivity contribution in [2.45, 2.75) is 12.8 Å². The summed E-state index contributed by atoms with van der Waals surface area (Å²) >= 11 is 6.78. The van der Waals surface area contributed by atoms with E-state index in [1.54, 1.807) is 25.1 Å². The molecule has 3 nitrogen and oxygen atoms in total. The molecule has 16 heavy (non-hydrogen) atoms. The average molecular weight is 259 g/mol. The van der Waals surface area contributed by atoms with Crippen LogP contribution in [0.1, 0.15) is 10.6 Å². The predicted octanol–water partition coefficient (Wildman–Crippen LogP) is 3.52. The van der Waals surface area contributed by atoms with E-state index in [4.69, 9.17) is 16.3 Å². The predicted molar refractivity (Wildman–Crippen MR) is 60.7 cm³/mol. The van der Waals surface area contributed by atoms with Crippen molar-refractivity contribution in [2.24, 2.45) is 0 Å². The van der Waals surface area contributed by atoms with Crippen LogP contribution >= 0.6 is 22.9 Å². The lowest BCUT2D eigenvalue weighted by Gasteiger charge is -2.03. The molecule has 0 N–H and O–H groups in total. The third-order valence-electron chi connectivity index (χ3n) is 1.92. The zero-order valence-electron chi connectivity index (χ0n) is 8.41. The summed E-state index contributed by atoms with van der Waals surface area (Å²) in [4.78, 5) is 0. The van der Waals surface area contributed by atoms with Crippen LogP contribution in [0.2, 0.25) is 0 Å². The zero-order valence-corrected chi connectivity index (χ0v) is 9.98. The molecule has 0 aliphatic rings. The van der Waals surface area contributed by atoms with Gasteiger partial charge in [0.1, 0.15) is 5.01 Å². The Bertz CT molecular complexity index is 503. The number of hydrogen-bond donors (Lipinski definition) is 0. The molecule has 0 fully saturated rings. The minimum absolute atomic E-state index is 0.150. The summed E-state index contributed by atoms with van der Waals surface area (Å²) in [6, 6.07) is 4.94. The van der Waals surface area contributed by atoms with E-state index in [2.05, 4.69) is 10.2 Å². The minimum atomic E-state index is -0.384. The van der Waals surface area contributed by atoms with E-state index in [9.17, 15) is 4.39 Å². The van der Waals surface area contributed by atoms with Gasteiger partial charge >= 0.3 is 0 Å². The quantitative estimate of drug-likeness (QED) is 0.790. The Morgan fingerprint density at radius 2 is 2.25 bits per heavy atom. The molecule has 0 aliphatic carbocycles. The first-order valence-electron chi connectivity index (χ1n) is 4.52. The van der Waals surface area contributed by atoms with Gasteiger partial charge in [0, 0.05) is 0 Å². The Labute approximate surface area is 101 Å². The number of nitrogens with zero attached hydrogens (tertiary/aromatic N) is 2. The van der Waals surface area contributed by atoms with Crippen LogP contribution in [0.15, 0.2) is 18.2 Å². The first-order chi connectivity index (χ1) is 7.70. The summed E-state index contributed by atoms with van der Waals surface area (Å²) in [7, 11) is 0. The Hall–Kier alpha value is -1.20. The maximum absolute atomic E-state index is 13.6. The first-order valence-corrected chi connectivity index (χ1v) is 5.87. The van der Waals surface area contributed by atoms with Gasteiger partial charge in [-0.1, -0.05) is 28.6 Å². The molecule has 0 saturated heterocycles. The summed E-state index contributed by atoms with van der Waals surface area (Å²) in [6.45, 7) is 1.67. The second-order valence-corrected chi connectivity index (χ2v) is 4.38. The second-order valence-electron chi connectivity index (χ2n) is 3.08. The topological polar surface area (TPSA) is 35.0 Å². The molecule has 0 bridgehead atoms. The molecule has 1 aromatic carbocycles. The number of alkyl halides is 1. The van der Waals surface area contributed by atoms with E-state index in [0.29, 0.717) is 15.8 Å². The summed E-state index contributed by atoms with van der Waals surface area (Å²) in [5.74, 6) is 0.0412. The molecule has 1 aromatic heterocycles. The lowest BCUT2D eigenvalue weighted by Crippen LogP contribution is -1.90. The molecule has 0 unspecified atom stereocenters. The summed E-state index contributed by atoms with van der Waals surface area (Å²) < 4.78 is 18.9. The van der Waals surface area contributed by atoms with Crippen LogP contribution in [-0.2, 0) is 5.88 Å². The fraction of sp³-hybridized carbons (Fsp3) is 0.200. The van der Waals surface area contributed by atoms with Gasteiger partial charge in [-0.25, -0.2) is 4.39 Å². The largest absolute Gasteiger partial charge is 0.427 e. The number of ether oxygens (including phenoxy) is 1. The highest BCUT2D eigenvalue weighted by molar-refractivity contribution is 7.13. The van der Waals surface area contributed by atoms with E-state index in [1.807, 2.05) is 0 Å². The highest BCUT2D eigenvalue weighted by Crippen LogP contribution is 2.28. The third-order valence-corrected chi connectivity index (χ3v) is 3.13. The summed E-state index contributed by atoms with van der Waals surface area (Å²) in [5.41, 5.74) is 0.527. The summed E-state index contributed by atoms with van der Waals surface area (Å²) in [5, 5.41) is 8.46. The molecule has 0 aliphatic heterocycles. The van der Waals surface area contributed by atoms with Crippen molar-refractivity contribution in [3.05, 3.63) is 34.6 Å². The van der Waals surface area contributed by atoms with Crippen LogP contribution in [0.3, 0.4) is 0 Å². The molecule has 0 spiro atoms. The van der Waals surface area contributed by atoms with Crippen molar-refractivity contribution in [3.63, 3.8) is 0 Å². The number of halogens is 2. The van der Waals surface area contributed by atoms with E-state index in [-0.39, 0.29) is 17.4 Å². The van der Waals surface area contributed by atoms with Crippen molar-refractivity contribution in [3.8, 4) is 10.9 Å². The van der Waals surface area contributed by atoms with Crippen LogP contribution < -0.4 is 4.74 Å². The SMILES string of the molecule is Cc1cccc(Oc2nnc(CCl)s2)c1F. The lowest BCUT2D eigenvalue weighted by molar-refractivity contribution is 0.433. The Morgan fingerprint density at radius 1 is 1.44 bits per heavy atom. The standard InChI is InChI=1S/C10H8ClFN2OS/c1-6-3-2-4-7(9(6)12)15-10-14-13-8(5-11)16-10/h2-4H,5H2,1H3. The smallest absolute Gasteiger partial charge is 0.299 e. The van der Waals surface area contributed by atoms with Crippen LogP contribution in [-0.4, -0.2) is 10.2 Å². The number of benzene rings is 1. The Morgan fingerprint density at radius 3 is 2.94 bits per heavy atom. The number of aromatic nitrogens is 2. The lowest BCUT2D eigenvalue weighted by atomic mass is 10.2. The van der Waals surface area contributed by atoms with Gasteiger partial charge in [-0.2, -0.15) is 0 Å². The van der Waals surface area contributed by atoms with Gasteiger partial charge in [-0.05, 0) is 18.6 Å². The van der Waals surface area contributed by atoms with E-state index in [0.717, 1.165) is 0 Å². The maximum Gasteiger partial charge on any atom is 0.299 e. The normalized spacial score (nSPS) is 10.4. The number of hydrogen-bond acceptors (Lipinski definition) is 4. The highest BCUT2D eigenvalue weighted by Gasteiger charge is 2.10. The van der Waals surface area contributed by atoms with Crippen molar-refractivity contribution in [1.82, 2.24) is 10.2 Å². The molecule has 0 radical (unpaired) electrons. The van der Waals surface area contributed by atoms with E-state index < -0.39 is 0 Å². The van der Waals surface area contributed by atoms with E-state index >= 15 is 0 Å². The second kappa shape index (κ2) is 4.76.